The normalized spacial score (nSPS) is 14.0. The summed E-state index contributed by atoms with van der Waals surface area (Å²) in [5.74, 6) is -0.567. The SMILES string of the molecule is Cn1c(C(=O)N2CCN(Cc3ccc(OCC(F)(F)F)cc3)CC2)cc2ccc(Oc3ccc(NS(=O)(=O)c4cccc(C(=O)O)c4)cn3)cc21. The number of carboxylic acids is 1. The zero-order valence-electron chi connectivity index (χ0n) is 27.1. The number of anilines is 1. The van der Waals surface area contributed by atoms with Crippen LogP contribution in [0.25, 0.3) is 10.9 Å². The Hall–Kier alpha value is -5.61. The molecule has 16 heteroatoms. The summed E-state index contributed by atoms with van der Waals surface area (Å²) in [7, 11) is -2.27. The van der Waals surface area contributed by atoms with Crippen LogP contribution in [-0.2, 0) is 23.6 Å². The van der Waals surface area contributed by atoms with Crippen molar-refractivity contribution in [2.75, 3.05) is 37.5 Å². The monoisotopic (exact) mass is 723 g/mol. The number of carbonyl (C=O) groups is 2. The summed E-state index contributed by atoms with van der Waals surface area (Å²) in [6.45, 7) is 1.53. The van der Waals surface area contributed by atoms with Crippen LogP contribution in [-0.4, -0.2) is 83.7 Å². The number of benzene rings is 3. The van der Waals surface area contributed by atoms with E-state index in [-0.39, 0.29) is 33.7 Å². The number of hydrogen-bond acceptors (Lipinski definition) is 8. The molecule has 2 aromatic heterocycles. The molecule has 3 aromatic carbocycles. The maximum absolute atomic E-state index is 13.5. The second kappa shape index (κ2) is 14.3. The van der Waals surface area contributed by atoms with E-state index in [1.807, 2.05) is 12.1 Å². The lowest BCUT2D eigenvalue weighted by Gasteiger charge is -2.34. The lowest BCUT2D eigenvalue weighted by Crippen LogP contribution is -2.48. The van der Waals surface area contributed by atoms with Crippen molar-refractivity contribution >= 4 is 38.5 Å². The second-order valence-electron chi connectivity index (χ2n) is 11.9. The molecule has 3 heterocycles. The highest BCUT2D eigenvalue weighted by atomic mass is 32.2. The summed E-state index contributed by atoms with van der Waals surface area (Å²) in [5.41, 5.74) is 2.18. The van der Waals surface area contributed by atoms with Gasteiger partial charge in [0.1, 0.15) is 17.2 Å². The third kappa shape index (κ3) is 8.59. The molecule has 0 saturated carbocycles. The molecule has 51 heavy (non-hydrogen) atoms. The molecule has 0 radical (unpaired) electrons. The van der Waals surface area contributed by atoms with Gasteiger partial charge in [0.2, 0.25) is 5.88 Å². The van der Waals surface area contributed by atoms with Crippen molar-refractivity contribution in [3.8, 4) is 17.4 Å². The Morgan fingerprint density at radius 3 is 2.31 bits per heavy atom. The Kier molecular flexibility index (Phi) is 9.89. The molecule has 1 amide bonds. The van der Waals surface area contributed by atoms with Crippen LogP contribution in [0, 0.1) is 0 Å². The summed E-state index contributed by atoms with van der Waals surface area (Å²) in [6, 6.07) is 21.6. The molecule has 2 N–H and O–H groups in total. The summed E-state index contributed by atoms with van der Waals surface area (Å²) >= 11 is 0. The molecule has 1 saturated heterocycles. The van der Waals surface area contributed by atoms with Gasteiger partial charge in [-0.3, -0.25) is 14.4 Å². The lowest BCUT2D eigenvalue weighted by atomic mass is 10.2. The van der Waals surface area contributed by atoms with Gasteiger partial charge >= 0.3 is 12.1 Å². The Morgan fingerprint density at radius 2 is 1.65 bits per heavy atom. The number of rotatable bonds is 11. The maximum Gasteiger partial charge on any atom is 0.422 e. The minimum Gasteiger partial charge on any atom is -0.484 e. The standard InChI is InChI=1S/C35H32F3N5O7S/c1-41-30-19-28(50-32-12-8-26(20-39-32)40-51(47,48)29-4-2-3-25(17-29)34(45)46)11-7-24(30)18-31(41)33(44)43-15-13-42(14-16-43)21-23-5-9-27(10-6-23)49-22-35(36,37)38/h2-12,17-20,40H,13-16,21-22H2,1H3,(H,45,46). The molecular formula is C35H32F3N5O7S. The van der Waals surface area contributed by atoms with Crippen LogP contribution in [0.15, 0.2) is 96.0 Å². The molecule has 0 unspecified atom stereocenters. The topological polar surface area (TPSA) is 143 Å². The first-order valence-electron chi connectivity index (χ1n) is 15.6. The Balaban J connectivity index is 1.04. The van der Waals surface area contributed by atoms with Crippen molar-refractivity contribution in [2.24, 2.45) is 7.05 Å². The number of hydrogen-bond donors (Lipinski definition) is 2. The van der Waals surface area contributed by atoms with Crippen molar-refractivity contribution in [1.29, 1.82) is 0 Å². The Morgan fingerprint density at radius 1 is 0.922 bits per heavy atom. The van der Waals surface area contributed by atoms with Crippen LogP contribution in [0.4, 0.5) is 18.9 Å². The van der Waals surface area contributed by atoms with Gasteiger partial charge in [-0.1, -0.05) is 18.2 Å². The number of carboxylic acid groups (broad SMARTS) is 1. The summed E-state index contributed by atoms with van der Waals surface area (Å²) < 4.78 is 77.6. The van der Waals surface area contributed by atoms with E-state index < -0.39 is 28.8 Å². The van der Waals surface area contributed by atoms with Crippen molar-refractivity contribution < 1.29 is 45.8 Å². The molecule has 5 aromatic rings. The average molecular weight is 724 g/mol. The summed E-state index contributed by atoms with van der Waals surface area (Å²) in [4.78, 5) is 32.7. The highest BCUT2D eigenvalue weighted by Crippen LogP contribution is 2.29. The van der Waals surface area contributed by atoms with Gasteiger partial charge < -0.3 is 24.0 Å². The number of alkyl halides is 3. The van der Waals surface area contributed by atoms with Gasteiger partial charge in [-0.15, -0.1) is 0 Å². The highest BCUT2D eigenvalue weighted by molar-refractivity contribution is 7.92. The number of aryl methyl sites for hydroxylation is 1. The average Bonchev–Trinajstić information content (AvgIpc) is 3.43. The van der Waals surface area contributed by atoms with Crippen LogP contribution >= 0.6 is 0 Å². The molecule has 1 fully saturated rings. The van der Waals surface area contributed by atoms with E-state index >= 15 is 0 Å². The first kappa shape index (κ1) is 35.2. The first-order chi connectivity index (χ1) is 24.2. The van der Waals surface area contributed by atoms with Gasteiger partial charge in [-0.25, -0.2) is 18.2 Å². The maximum atomic E-state index is 13.5. The number of carbonyl (C=O) groups excluding carboxylic acids is 1. The fraction of sp³-hybridized carbons (Fsp3) is 0.229. The number of halogens is 3. The fourth-order valence-corrected chi connectivity index (χ4v) is 6.69. The Labute approximate surface area is 290 Å². The molecule has 1 aliphatic heterocycles. The van der Waals surface area contributed by atoms with Crippen LogP contribution < -0.4 is 14.2 Å². The molecular weight excluding hydrogens is 691 g/mol. The van der Waals surface area contributed by atoms with Gasteiger partial charge in [0.05, 0.1) is 27.9 Å². The molecule has 266 valence electrons. The van der Waals surface area contributed by atoms with Gasteiger partial charge in [0, 0.05) is 57.3 Å². The quantitative estimate of drug-likeness (QED) is 0.174. The van der Waals surface area contributed by atoms with E-state index in [1.165, 1.54) is 48.7 Å². The van der Waals surface area contributed by atoms with E-state index in [9.17, 15) is 31.2 Å². The number of aromatic carboxylic acids is 1. The third-order valence-corrected chi connectivity index (χ3v) is 9.61. The van der Waals surface area contributed by atoms with E-state index in [4.69, 9.17) is 14.6 Å². The number of aromatic nitrogens is 2. The lowest BCUT2D eigenvalue weighted by molar-refractivity contribution is -0.153. The number of nitrogens with zero attached hydrogens (tertiary/aromatic N) is 4. The minimum absolute atomic E-state index is 0.114. The zero-order chi connectivity index (χ0) is 36.3. The third-order valence-electron chi connectivity index (χ3n) is 8.23. The van der Waals surface area contributed by atoms with Gasteiger partial charge in [-0.2, -0.15) is 13.2 Å². The van der Waals surface area contributed by atoms with E-state index in [0.717, 1.165) is 22.5 Å². The number of amides is 1. The molecule has 0 atom stereocenters. The predicted molar refractivity (Wildman–Crippen MR) is 181 cm³/mol. The number of sulfonamides is 1. The first-order valence-corrected chi connectivity index (χ1v) is 17.1. The van der Waals surface area contributed by atoms with E-state index in [2.05, 4.69) is 14.6 Å². The van der Waals surface area contributed by atoms with Crippen molar-refractivity contribution in [1.82, 2.24) is 19.4 Å². The van der Waals surface area contributed by atoms with E-state index in [1.54, 1.807) is 40.8 Å². The van der Waals surface area contributed by atoms with Crippen molar-refractivity contribution in [3.05, 3.63) is 108 Å². The van der Waals surface area contributed by atoms with Crippen molar-refractivity contribution in [3.63, 3.8) is 0 Å². The number of pyridine rings is 1. The van der Waals surface area contributed by atoms with Gasteiger partial charge in [0.15, 0.2) is 6.61 Å². The predicted octanol–water partition coefficient (Wildman–Crippen LogP) is 5.76. The number of nitrogens with one attached hydrogen (secondary N) is 1. The molecule has 6 rings (SSSR count). The molecule has 0 aliphatic carbocycles. The van der Waals surface area contributed by atoms with Crippen molar-refractivity contribution in [2.45, 2.75) is 17.6 Å². The minimum atomic E-state index is -4.40. The molecule has 0 spiro atoms. The largest absolute Gasteiger partial charge is 0.484 e. The van der Waals surface area contributed by atoms with Crippen LogP contribution in [0.5, 0.6) is 17.4 Å². The fourth-order valence-electron chi connectivity index (χ4n) is 5.60. The van der Waals surface area contributed by atoms with E-state index in [0.29, 0.717) is 44.2 Å². The Bertz CT molecular complexity index is 2170. The van der Waals surface area contributed by atoms with Crippen LogP contribution in [0.1, 0.15) is 26.4 Å². The summed E-state index contributed by atoms with van der Waals surface area (Å²) in [5, 5.41) is 10.00. The molecule has 12 nitrogen and oxygen atoms in total. The van der Waals surface area contributed by atoms with Gasteiger partial charge in [-0.05, 0) is 60.2 Å². The number of fused-ring (bicyclic) bond motifs is 1. The van der Waals surface area contributed by atoms with Crippen LogP contribution in [0.3, 0.4) is 0 Å². The molecule has 1 aliphatic rings. The molecule has 0 bridgehead atoms. The van der Waals surface area contributed by atoms with Gasteiger partial charge in [0.25, 0.3) is 15.9 Å². The summed E-state index contributed by atoms with van der Waals surface area (Å²) in [6.07, 6.45) is -3.12. The number of ether oxygens (including phenoxy) is 2. The highest BCUT2D eigenvalue weighted by Gasteiger charge is 2.28. The second-order valence-corrected chi connectivity index (χ2v) is 13.5. The number of piperazine rings is 1. The van der Waals surface area contributed by atoms with Crippen LogP contribution in [0.2, 0.25) is 0 Å². The smallest absolute Gasteiger partial charge is 0.422 e. The zero-order valence-corrected chi connectivity index (χ0v) is 27.9.